The first kappa shape index (κ1) is 13.9. The molecule has 0 amide bonds. The fourth-order valence-electron chi connectivity index (χ4n) is 2.30. The van der Waals surface area contributed by atoms with Crippen LogP contribution in [0.3, 0.4) is 0 Å². The lowest BCUT2D eigenvalue weighted by Gasteiger charge is -2.09. The Kier molecular flexibility index (Phi) is 3.38. The topological polar surface area (TPSA) is 89.3 Å². The molecule has 2 N–H and O–H groups in total. The highest BCUT2D eigenvalue weighted by Crippen LogP contribution is 2.31. The van der Waals surface area contributed by atoms with Gasteiger partial charge in [-0.1, -0.05) is 12.1 Å². The summed E-state index contributed by atoms with van der Waals surface area (Å²) in [4.78, 5) is 19.5. The molecule has 7 heteroatoms. The molecule has 0 bridgehead atoms. The molecule has 1 aromatic carbocycles. The number of anilines is 1. The number of rotatable bonds is 4. The van der Waals surface area contributed by atoms with Crippen LogP contribution >= 0.6 is 0 Å². The SMILES string of the molecule is CNc1nccc(Oc2cccc3cc(C(=O)O)n(C)c23)n1. The second-order valence-corrected chi connectivity index (χ2v) is 4.66. The van der Waals surface area contributed by atoms with Gasteiger partial charge < -0.3 is 19.7 Å². The molecule has 7 nitrogen and oxygen atoms in total. The molecule has 0 atom stereocenters. The Morgan fingerprint density at radius 1 is 1.36 bits per heavy atom. The number of hydrogen-bond donors (Lipinski definition) is 2. The van der Waals surface area contributed by atoms with Crippen LogP contribution in [0.25, 0.3) is 10.9 Å². The molecule has 22 heavy (non-hydrogen) atoms. The van der Waals surface area contributed by atoms with Crippen molar-refractivity contribution in [2.45, 2.75) is 0 Å². The van der Waals surface area contributed by atoms with Crippen molar-refractivity contribution in [1.82, 2.24) is 14.5 Å². The van der Waals surface area contributed by atoms with Gasteiger partial charge in [0.15, 0.2) is 5.75 Å². The van der Waals surface area contributed by atoms with Gasteiger partial charge in [0.25, 0.3) is 0 Å². The predicted molar refractivity (Wildman–Crippen MR) is 81.5 cm³/mol. The molecule has 0 saturated heterocycles. The summed E-state index contributed by atoms with van der Waals surface area (Å²) in [5.41, 5.74) is 0.897. The fourth-order valence-corrected chi connectivity index (χ4v) is 2.30. The maximum atomic E-state index is 11.3. The third-order valence-electron chi connectivity index (χ3n) is 3.31. The van der Waals surface area contributed by atoms with E-state index in [0.717, 1.165) is 5.39 Å². The largest absolute Gasteiger partial charge is 0.477 e. The van der Waals surface area contributed by atoms with Gasteiger partial charge in [-0.15, -0.1) is 0 Å². The van der Waals surface area contributed by atoms with Gasteiger partial charge in [-0.3, -0.25) is 0 Å². The summed E-state index contributed by atoms with van der Waals surface area (Å²) in [5.74, 6) is 0.380. The molecule has 2 aromatic heterocycles. The van der Waals surface area contributed by atoms with Crippen molar-refractivity contribution in [3.8, 4) is 11.6 Å². The maximum Gasteiger partial charge on any atom is 0.352 e. The Labute approximate surface area is 126 Å². The first-order valence-corrected chi connectivity index (χ1v) is 6.60. The highest BCUT2D eigenvalue weighted by Gasteiger charge is 2.15. The van der Waals surface area contributed by atoms with Crippen LogP contribution in [0.4, 0.5) is 5.95 Å². The Bertz CT molecular complexity index is 857. The van der Waals surface area contributed by atoms with Crippen molar-refractivity contribution in [3.63, 3.8) is 0 Å². The molecule has 0 radical (unpaired) electrons. The number of carboxylic acid groups (broad SMARTS) is 1. The Morgan fingerprint density at radius 2 is 2.18 bits per heavy atom. The van der Waals surface area contributed by atoms with Gasteiger partial charge in [-0.05, 0) is 12.1 Å². The van der Waals surface area contributed by atoms with Crippen molar-refractivity contribution >= 4 is 22.8 Å². The minimum Gasteiger partial charge on any atom is -0.477 e. The van der Waals surface area contributed by atoms with E-state index in [-0.39, 0.29) is 5.69 Å². The van der Waals surface area contributed by atoms with Crippen molar-refractivity contribution in [3.05, 3.63) is 42.2 Å². The molecule has 0 unspecified atom stereocenters. The van der Waals surface area contributed by atoms with Gasteiger partial charge in [0, 0.05) is 31.7 Å². The van der Waals surface area contributed by atoms with Crippen LogP contribution in [0.5, 0.6) is 11.6 Å². The van der Waals surface area contributed by atoms with E-state index in [1.165, 1.54) is 0 Å². The number of nitrogens with one attached hydrogen (secondary N) is 1. The van der Waals surface area contributed by atoms with Crippen LogP contribution in [0.1, 0.15) is 10.5 Å². The molecular formula is C15H14N4O3. The molecule has 2 heterocycles. The van der Waals surface area contributed by atoms with Crippen molar-refractivity contribution in [2.75, 3.05) is 12.4 Å². The smallest absolute Gasteiger partial charge is 0.352 e. The Morgan fingerprint density at radius 3 is 2.91 bits per heavy atom. The summed E-state index contributed by atoms with van der Waals surface area (Å²) in [6.45, 7) is 0. The van der Waals surface area contributed by atoms with Crippen LogP contribution in [-0.2, 0) is 7.05 Å². The number of hydrogen-bond acceptors (Lipinski definition) is 5. The Balaban J connectivity index is 2.08. The molecule has 0 saturated carbocycles. The minimum atomic E-state index is -0.982. The van der Waals surface area contributed by atoms with Crippen LogP contribution in [0, 0.1) is 0 Å². The van der Waals surface area contributed by atoms with Gasteiger partial charge in [-0.25, -0.2) is 9.78 Å². The van der Waals surface area contributed by atoms with E-state index in [1.54, 1.807) is 43.1 Å². The van der Waals surface area contributed by atoms with Gasteiger partial charge in [0.05, 0.1) is 5.52 Å². The standard InChI is InChI=1S/C15H14N4O3/c1-16-15-17-7-6-12(18-15)22-11-5-3-4-9-8-10(14(20)21)19(2)13(9)11/h3-8H,1-2H3,(H,20,21)(H,16,17,18). The molecule has 3 rings (SSSR count). The van der Waals surface area contributed by atoms with E-state index >= 15 is 0 Å². The third-order valence-corrected chi connectivity index (χ3v) is 3.31. The van der Waals surface area contributed by atoms with Gasteiger partial charge in [0.2, 0.25) is 11.8 Å². The molecule has 112 valence electrons. The number of carboxylic acids is 1. The number of aromatic nitrogens is 3. The summed E-state index contributed by atoms with van der Waals surface area (Å²) in [6.07, 6.45) is 1.59. The molecule has 0 spiro atoms. The lowest BCUT2D eigenvalue weighted by Crippen LogP contribution is -2.04. The van der Waals surface area contributed by atoms with E-state index in [2.05, 4.69) is 15.3 Å². The quantitative estimate of drug-likeness (QED) is 0.769. The van der Waals surface area contributed by atoms with Gasteiger partial charge in [0.1, 0.15) is 5.69 Å². The minimum absolute atomic E-state index is 0.199. The van der Waals surface area contributed by atoms with E-state index in [1.807, 2.05) is 12.1 Å². The summed E-state index contributed by atoms with van der Waals surface area (Å²) in [6, 6.07) is 8.68. The summed E-state index contributed by atoms with van der Waals surface area (Å²) >= 11 is 0. The van der Waals surface area contributed by atoms with E-state index in [9.17, 15) is 9.90 Å². The number of aryl methyl sites for hydroxylation is 1. The second kappa shape index (κ2) is 5.36. The van der Waals surface area contributed by atoms with Gasteiger partial charge >= 0.3 is 5.97 Å². The first-order valence-electron chi connectivity index (χ1n) is 6.60. The van der Waals surface area contributed by atoms with Crippen LogP contribution < -0.4 is 10.1 Å². The van der Waals surface area contributed by atoms with Crippen LogP contribution in [0.15, 0.2) is 36.5 Å². The average Bonchev–Trinajstić information content (AvgIpc) is 2.86. The molecule has 0 aliphatic carbocycles. The molecule has 3 aromatic rings. The number of para-hydroxylation sites is 1. The number of fused-ring (bicyclic) bond motifs is 1. The fraction of sp³-hybridized carbons (Fsp3) is 0.133. The van der Waals surface area contributed by atoms with E-state index < -0.39 is 5.97 Å². The van der Waals surface area contributed by atoms with Crippen molar-refractivity contribution < 1.29 is 14.6 Å². The highest BCUT2D eigenvalue weighted by atomic mass is 16.5. The monoisotopic (exact) mass is 298 g/mol. The number of aromatic carboxylic acids is 1. The zero-order valence-electron chi connectivity index (χ0n) is 12.1. The highest BCUT2D eigenvalue weighted by molar-refractivity contribution is 5.96. The second-order valence-electron chi connectivity index (χ2n) is 4.66. The zero-order chi connectivity index (χ0) is 15.7. The number of ether oxygens (including phenoxy) is 1. The van der Waals surface area contributed by atoms with Crippen LogP contribution in [0.2, 0.25) is 0 Å². The average molecular weight is 298 g/mol. The van der Waals surface area contributed by atoms with Gasteiger partial charge in [-0.2, -0.15) is 4.98 Å². The van der Waals surface area contributed by atoms with E-state index in [0.29, 0.717) is 23.1 Å². The van der Waals surface area contributed by atoms with Crippen LogP contribution in [-0.4, -0.2) is 32.7 Å². The number of carbonyl (C=O) groups is 1. The predicted octanol–water partition coefficient (Wildman–Crippen LogP) is 2.50. The molecule has 0 aliphatic rings. The number of benzene rings is 1. The van der Waals surface area contributed by atoms with Crippen molar-refractivity contribution in [2.24, 2.45) is 7.05 Å². The lowest BCUT2D eigenvalue weighted by molar-refractivity contribution is 0.0687. The summed E-state index contributed by atoms with van der Waals surface area (Å²) < 4.78 is 7.39. The normalized spacial score (nSPS) is 10.6. The lowest BCUT2D eigenvalue weighted by atomic mass is 10.2. The maximum absolute atomic E-state index is 11.3. The number of nitrogens with zero attached hydrogens (tertiary/aromatic N) is 3. The zero-order valence-corrected chi connectivity index (χ0v) is 12.1. The summed E-state index contributed by atoms with van der Waals surface area (Å²) in [7, 11) is 3.41. The molecule has 0 aliphatic heterocycles. The summed E-state index contributed by atoms with van der Waals surface area (Å²) in [5, 5.41) is 12.9. The Hall–Kier alpha value is -3.09. The first-order chi connectivity index (χ1) is 10.6. The van der Waals surface area contributed by atoms with E-state index in [4.69, 9.17) is 4.74 Å². The molecular weight excluding hydrogens is 284 g/mol. The molecule has 0 fully saturated rings. The third kappa shape index (κ3) is 2.32. The van der Waals surface area contributed by atoms with Crippen molar-refractivity contribution in [1.29, 1.82) is 0 Å².